The highest BCUT2D eigenvalue weighted by molar-refractivity contribution is 5.95. The number of aromatic nitrogens is 2. The Morgan fingerprint density at radius 1 is 1.07 bits per heavy atom. The number of nitrogens with zero attached hydrogens (tertiary/aromatic N) is 3. The Labute approximate surface area is 156 Å². The number of amides is 2. The van der Waals surface area contributed by atoms with Gasteiger partial charge in [-0.15, -0.1) is 0 Å². The third-order valence-electron chi connectivity index (χ3n) is 4.47. The van der Waals surface area contributed by atoms with Crippen LogP contribution in [0.2, 0.25) is 0 Å². The van der Waals surface area contributed by atoms with Crippen molar-refractivity contribution in [1.29, 1.82) is 0 Å². The van der Waals surface area contributed by atoms with E-state index in [4.69, 9.17) is 4.74 Å². The number of aromatic amines is 1. The van der Waals surface area contributed by atoms with E-state index in [0.717, 1.165) is 11.3 Å². The van der Waals surface area contributed by atoms with Gasteiger partial charge in [0.25, 0.3) is 17.4 Å². The summed E-state index contributed by atoms with van der Waals surface area (Å²) in [4.78, 5) is 39.6. The molecule has 3 rings (SSSR count). The van der Waals surface area contributed by atoms with Crippen LogP contribution in [-0.4, -0.2) is 64.6 Å². The van der Waals surface area contributed by atoms with E-state index in [2.05, 4.69) is 10.2 Å². The van der Waals surface area contributed by atoms with Crippen molar-refractivity contribution in [3.05, 3.63) is 57.5 Å². The summed E-state index contributed by atoms with van der Waals surface area (Å²) in [7, 11) is 0. The van der Waals surface area contributed by atoms with Gasteiger partial charge in [-0.05, 0) is 43.7 Å². The third kappa shape index (κ3) is 4.16. The van der Waals surface area contributed by atoms with E-state index in [-0.39, 0.29) is 23.1 Å². The van der Waals surface area contributed by atoms with Gasteiger partial charge in [-0.2, -0.15) is 5.10 Å². The van der Waals surface area contributed by atoms with E-state index in [9.17, 15) is 14.4 Å². The molecule has 0 unspecified atom stereocenters. The molecule has 1 aromatic heterocycles. The molecule has 0 aliphatic carbocycles. The van der Waals surface area contributed by atoms with E-state index in [0.29, 0.717) is 38.3 Å². The highest BCUT2D eigenvalue weighted by atomic mass is 16.5. The first kappa shape index (κ1) is 18.6. The molecule has 1 N–H and O–H groups in total. The number of aryl methyl sites for hydroxylation is 1. The monoisotopic (exact) mass is 370 g/mol. The summed E-state index contributed by atoms with van der Waals surface area (Å²) >= 11 is 0. The standard InChI is InChI=1S/C19H22N4O4/c1-3-27-16-6-4-14(12-13(16)2)18(25)22-8-10-23(11-9-22)19(26)15-5-7-17(24)21-20-15/h4-7,12H,3,8-11H2,1-2H3,(H,21,24). The number of carbonyl (C=O) groups is 2. The molecule has 0 radical (unpaired) electrons. The molecule has 8 nitrogen and oxygen atoms in total. The van der Waals surface area contributed by atoms with E-state index >= 15 is 0 Å². The average Bonchev–Trinajstić information content (AvgIpc) is 2.69. The fourth-order valence-electron chi connectivity index (χ4n) is 3.02. The number of hydrogen-bond donors (Lipinski definition) is 1. The molecule has 27 heavy (non-hydrogen) atoms. The highest BCUT2D eigenvalue weighted by Gasteiger charge is 2.26. The van der Waals surface area contributed by atoms with E-state index in [1.54, 1.807) is 15.9 Å². The zero-order valence-electron chi connectivity index (χ0n) is 15.4. The third-order valence-corrected chi connectivity index (χ3v) is 4.47. The van der Waals surface area contributed by atoms with Crippen molar-refractivity contribution in [1.82, 2.24) is 20.0 Å². The lowest BCUT2D eigenvalue weighted by atomic mass is 10.1. The van der Waals surface area contributed by atoms with Crippen molar-refractivity contribution in [3.63, 3.8) is 0 Å². The van der Waals surface area contributed by atoms with Gasteiger partial charge in [-0.1, -0.05) is 0 Å². The van der Waals surface area contributed by atoms with Crippen LogP contribution in [0.4, 0.5) is 0 Å². The molecule has 1 fully saturated rings. The lowest BCUT2D eigenvalue weighted by Crippen LogP contribution is -2.50. The molecule has 1 saturated heterocycles. The van der Waals surface area contributed by atoms with E-state index < -0.39 is 0 Å². The molecule has 0 bridgehead atoms. The van der Waals surface area contributed by atoms with Gasteiger partial charge in [0.1, 0.15) is 11.4 Å². The summed E-state index contributed by atoms with van der Waals surface area (Å²) in [6.07, 6.45) is 0. The van der Waals surface area contributed by atoms with Gasteiger partial charge in [-0.3, -0.25) is 14.4 Å². The van der Waals surface area contributed by atoms with Crippen LogP contribution >= 0.6 is 0 Å². The molecular formula is C19H22N4O4. The first-order valence-electron chi connectivity index (χ1n) is 8.87. The first-order valence-corrected chi connectivity index (χ1v) is 8.87. The topological polar surface area (TPSA) is 95.6 Å². The van der Waals surface area contributed by atoms with Crippen LogP contribution in [-0.2, 0) is 0 Å². The molecule has 142 valence electrons. The zero-order valence-corrected chi connectivity index (χ0v) is 15.4. The molecule has 8 heteroatoms. The number of hydrogen-bond acceptors (Lipinski definition) is 5. The molecular weight excluding hydrogens is 348 g/mol. The van der Waals surface area contributed by atoms with Crippen molar-refractivity contribution >= 4 is 11.8 Å². The second-order valence-electron chi connectivity index (χ2n) is 6.30. The van der Waals surface area contributed by atoms with E-state index in [1.807, 2.05) is 26.0 Å². The molecule has 1 aromatic carbocycles. The van der Waals surface area contributed by atoms with Crippen LogP contribution in [0.1, 0.15) is 33.3 Å². The number of ether oxygens (including phenoxy) is 1. The average molecular weight is 370 g/mol. The lowest BCUT2D eigenvalue weighted by Gasteiger charge is -2.34. The summed E-state index contributed by atoms with van der Waals surface area (Å²) in [5, 5.41) is 6.03. The summed E-state index contributed by atoms with van der Waals surface area (Å²) in [6, 6.07) is 8.08. The Kier molecular flexibility index (Phi) is 5.54. The molecule has 2 heterocycles. The van der Waals surface area contributed by atoms with Crippen molar-refractivity contribution in [2.75, 3.05) is 32.8 Å². The van der Waals surface area contributed by atoms with Crippen LogP contribution in [0, 0.1) is 6.92 Å². The molecule has 1 aliphatic heterocycles. The Bertz CT molecular complexity index is 880. The van der Waals surface area contributed by atoms with Gasteiger partial charge in [0.05, 0.1) is 6.61 Å². The number of piperazine rings is 1. The van der Waals surface area contributed by atoms with Gasteiger partial charge in [0, 0.05) is 37.8 Å². The van der Waals surface area contributed by atoms with Crippen molar-refractivity contribution in [2.45, 2.75) is 13.8 Å². The van der Waals surface area contributed by atoms with Gasteiger partial charge >= 0.3 is 0 Å². The molecule has 1 aliphatic rings. The predicted octanol–water partition coefficient (Wildman–Crippen LogP) is 1.08. The second kappa shape index (κ2) is 8.03. The Morgan fingerprint density at radius 3 is 2.30 bits per heavy atom. The van der Waals surface area contributed by atoms with Crippen molar-refractivity contribution in [3.8, 4) is 5.75 Å². The maximum Gasteiger partial charge on any atom is 0.274 e. The number of carbonyl (C=O) groups excluding carboxylic acids is 2. The van der Waals surface area contributed by atoms with E-state index in [1.165, 1.54) is 12.1 Å². The van der Waals surface area contributed by atoms with Crippen LogP contribution in [0.3, 0.4) is 0 Å². The summed E-state index contributed by atoms with van der Waals surface area (Å²) in [5.74, 6) is 0.462. The number of H-pyrrole nitrogens is 1. The predicted molar refractivity (Wildman–Crippen MR) is 99.0 cm³/mol. The molecule has 2 amide bonds. The SMILES string of the molecule is CCOc1ccc(C(=O)N2CCN(C(=O)c3ccc(=O)[nH]n3)CC2)cc1C. The van der Waals surface area contributed by atoms with Crippen LogP contribution in [0.25, 0.3) is 0 Å². The van der Waals surface area contributed by atoms with Crippen molar-refractivity contribution < 1.29 is 14.3 Å². The largest absolute Gasteiger partial charge is 0.494 e. The van der Waals surface area contributed by atoms with Gasteiger partial charge in [-0.25, -0.2) is 5.10 Å². The fourth-order valence-corrected chi connectivity index (χ4v) is 3.02. The second-order valence-corrected chi connectivity index (χ2v) is 6.30. The Balaban J connectivity index is 1.62. The molecule has 0 atom stereocenters. The minimum absolute atomic E-state index is 0.0598. The maximum absolute atomic E-state index is 12.7. The van der Waals surface area contributed by atoms with Crippen LogP contribution < -0.4 is 10.3 Å². The first-order chi connectivity index (χ1) is 13.0. The van der Waals surface area contributed by atoms with Crippen LogP contribution in [0.5, 0.6) is 5.75 Å². The van der Waals surface area contributed by atoms with Gasteiger partial charge < -0.3 is 14.5 Å². The normalized spacial score (nSPS) is 14.1. The highest BCUT2D eigenvalue weighted by Crippen LogP contribution is 2.20. The Hall–Kier alpha value is -3.16. The molecule has 0 spiro atoms. The number of rotatable bonds is 4. The molecule has 0 saturated carbocycles. The fraction of sp³-hybridized carbons (Fsp3) is 0.368. The number of nitrogens with one attached hydrogen (secondary N) is 1. The Morgan fingerprint density at radius 2 is 1.74 bits per heavy atom. The number of benzene rings is 1. The smallest absolute Gasteiger partial charge is 0.274 e. The minimum atomic E-state index is -0.354. The minimum Gasteiger partial charge on any atom is -0.494 e. The zero-order chi connectivity index (χ0) is 19.4. The summed E-state index contributed by atoms with van der Waals surface area (Å²) in [5.41, 5.74) is 1.36. The summed E-state index contributed by atoms with van der Waals surface area (Å²) in [6.45, 7) is 6.13. The molecule has 2 aromatic rings. The van der Waals surface area contributed by atoms with Gasteiger partial charge in [0.15, 0.2) is 0 Å². The lowest BCUT2D eigenvalue weighted by molar-refractivity contribution is 0.0531. The van der Waals surface area contributed by atoms with Crippen molar-refractivity contribution in [2.24, 2.45) is 0 Å². The summed E-state index contributed by atoms with van der Waals surface area (Å²) < 4.78 is 5.51. The van der Waals surface area contributed by atoms with Gasteiger partial charge in [0.2, 0.25) is 0 Å². The van der Waals surface area contributed by atoms with Crippen LogP contribution in [0.15, 0.2) is 35.1 Å². The maximum atomic E-state index is 12.7. The quantitative estimate of drug-likeness (QED) is 0.869.